The monoisotopic (exact) mass is 239 g/mol. The molecule has 3 heterocycles. The van der Waals surface area contributed by atoms with Gasteiger partial charge in [-0.1, -0.05) is 11.6 Å². The largest absolute Gasteiger partial charge is 0.354 e. The molecule has 2 aliphatic rings. The summed E-state index contributed by atoms with van der Waals surface area (Å²) in [6.45, 7) is 1.32. The SMILES string of the molecule is O=C1Nc2nccc(Cl)c2C2OCCCN12. The van der Waals surface area contributed by atoms with Crippen LogP contribution in [0.4, 0.5) is 10.6 Å². The molecule has 1 fully saturated rings. The summed E-state index contributed by atoms with van der Waals surface area (Å²) in [6.07, 6.45) is 2.02. The van der Waals surface area contributed by atoms with Crippen molar-refractivity contribution in [2.24, 2.45) is 0 Å². The Kier molecular flexibility index (Phi) is 2.22. The van der Waals surface area contributed by atoms with E-state index in [0.717, 1.165) is 12.0 Å². The summed E-state index contributed by atoms with van der Waals surface area (Å²) < 4.78 is 5.60. The van der Waals surface area contributed by atoms with Crippen LogP contribution in [0.5, 0.6) is 0 Å². The number of urea groups is 1. The van der Waals surface area contributed by atoms with Gasteiger partial charge in [-0.05, 0) is 12.5 Å². The number of pyridine rings is 1. The number of nitrogens with one attached hydrogen (secondary N) is 1. The molecule has 2 amide bonds. The predicted octanol–water partition coefficient (Wildman–Crippen LogP) is 2.00. The van der Waals surface area contributed by atoms with Crippen molar-refractivity contribution in [3.05, 3.63) is 22.8 Å². The highest BCUT2D eigenvalue weighted by Gasteiger charge is 2.37. The first-order valence-corrected chi connectivity index (χ1v) is 5.49. The maximum absolute atomic E-state index is 11.8. The van der Waals surface area contributed by atoms with E-state index in [1.54, 1.807) is 17.2 Å². The van der Waals surface area contributed by atoms with Crippen LogP contribution in [0, 0.1) is 0 Å². The minimum absolute atomic E-state index is 0.174. The van der Waals surface area contributed by atoms with Crippen LogP contribution in [-0.2, 0) is 4.74 Å². The van der Waals surface area contributed by atoms with Gasteiger partial charge in [-0.25, -0.2) is 9.78 Å². The number of carbonyl (C=O) groups is 1. The maximum Gasteiger partial charge on any atom is 0.325 e. The van der Waals surface area contributed by atoms with E-state index in [4.69, 9.17) is 16.3 Å². The summed E-state index contributed by atoms with van der Waals surface area (Å²) in [7, 11) is 0. The molecule has 1 aromatic rings. The number of rotatable bonds is 0. The topological polar surface area (TPSA) is 54.5 Å². The van der Waals surface area contributed by atoms with Crippen LogP contribution in [-0.4, -0.2) is 29.1 Å². The Morgan fingerprint density at radius 3 is 3.38 bits per heavy atom. The summed E-state index contributed by atoms with van der Waals surface area (Å²) in [5.41, 5.74) is 0.753. The Labute approximate surface area is 97.4 Å². The van der Waals surface area contributed by atoms with Crippen molar-refractivity contribution in [3.63, 3.8) is 0 Å². The van der Waals surface area contributed by atoms with Crippen LogP contribution in [0.2, 0.25) is 5.02 Å². The van der Waals surface area contributed by atoms with Gasteiger partial charge >= 0.3 is 6.03 Å². The number of carbonyl (C=O) groups excluding carboxylic acids is 1. The molecule has 0 spiro atoms. The van der Waals surface area contributed by atoms with Crippen LogP contribution >= 0.6 is 11.6 Å². The highest BCUT2D eigenvalue weighted by atomic mass is 35.5. The first-order valence-electron chi connectivity index (χ1n) is 5.11. The zero-order valence-electron chi connectivity index (χ0n) is 8.44. The Morgan fingerprint density at radius 2 is 2.50 bits per heavy atom. The molecule has 1 saturated heterocycles. The minimum atomic E-state index is -0.390. The van der Waals surface area contributed by atoms with Crippen molar-refractivity contribution in [3.8, 4) is 0 Å². The van der Waals surface area contributed by atoms with Gasteiger partial charge in [0.05, 0.1) is 17.2 Å². The van der Waals surface area contributed by atoms with E-state index in [-0.39, 0.29) is 6.03 Å². The van der Waals surface area contributed by atoms with Crippen molar-refractivity contribution < 1.29 is 9.53 Å². The Hall–Kier alpha value is -1.33. The Morgan fingerprint density at radius 1 is 1.62 bits per heavy atom. The molecule has 16 heavy (non-hydrogen) atoms. The van der Waals surface area contributed by atoms with E-state index in [2.05, 4.69) is 10.3 Å². The number of ether oxygens (including phenoxy) is 1. The molecule has 2 aliphatic heterocycles. The number of hydrogen-bond acceptors (Lipinski definition) is 3. The number of aromatic nitrogens is 1. The third kappa shape index (κ3) is 1.36. The second-order valence-corrected chi connectivity index (χ2v) is 4.16. The van der Waals surface area contributed by atoms with Crippen molar-refractivity contribution in [1.29, 1.82) is 0 Å². The van der Waals surface area contributed by atoms with Gasteiger partial charge < -0.3 is 4.74 Å². The Bertz CT molecular complexity index is 452. The van der Waals surface area contributed by atoms with Crippen LogP contribution in [0.25, 0.3) is 0 Å². The lowest BCUT2D eigenvalue weighted by Crippen LogP contribution is -2.47. The van der Waals surface area contributed by atoms with Gasteiger partial charge in [0.15, 0.2) is 6.23 Å². The summed E-state index contributed by atoms with van der Waals surface area (Å²) in [5, 5.41) is 3.28. The molecule has 5 nitrogen and oxygen atoms in total. The molecule has 0 aliphatic carbocycles. The van der Waals surface area contributed by atoms with Gasteiger partial charge in [-0.15, -0.1) is 0 Å². The molecule has 0 saturated carbocycles. The fourth-order valence-electron chi connectivity index (χ4n) is 2.04. The van der Waals surface area contributed by atoms with Crippen molar-refractivity contribution in [1.82, 2.24) is 9.88 Å². The molecular weight excluding hydrogens is 230 g/mol. The zero-order valence-corrected chi connectivity index (χ0v) is 9.20. The fourth-order valence-corrected chi connectivity index (χ4v) is 2.28. The lowest BCUT2D eigenvalue weighted by molar-refractivity contribution is -0.0740. The molecule has 3 rings (SSSR count). The highest BCUT2D eigenvalue weighted by molar-refractivity contribution is 6.31. The second kappa shape index (κ2) is 3.61. The minimum Gasteiger partial charge on any atom is -0.354 e. The van der Waals surface area contributed by atoms with E-state index in [1.165, 1.54) is 0 Å². The average molecular weight is 240 g/mol. The molecule has 6 heteroatoms. The van der Waals surface area contributed by atoms with Crippen LogP contribution in [0.15, 0.2) is 12.3 Å². The second-order valence-electron chi connectivity index (χ2n) is 3.76. The zero-order chi connectivity index (χ0) is 11.1. The fraction of sp³-hybridized carbons (Fsp3) is 0.400. The van der Waals surface area contributed by atoms with E-state index < -0.39 is 6.23 Å². The van der Waals surface area contributed by atoms with Gasteiger partial charge in [0.25, 0.3) is 0 Å². The molecule has 1 aromatic heterocycles. The lowest BCUT2D eigenvalue weighted by Gasteiger charge is -2.39. The molecular formula is C10H10ClN3O2. The van der Waals surface area contributed by atoms with E-state index in [0.29, 0.717) is 24.0 Å². The predicted molar refractivity (Wildman–Crippen MR) is 58.3 cm³/mol. The smallest absolute Gasteiger partial charge is 0.325 e. The number of fused-ring (bicyclic) bond motifs is 3. The van der Waals surface area contributed by atoms with Crippen LogP contribution in [0.1, 0.15) is 18.2 Å². The quantitative estimate of drug-likeness (QED) is 0.753. The summed E-state index contributed by atoms with van der Waals surface area (Å²) in [6, 6.07) is 1.53. The standard InChI is InChI=1S/C10H10ClN3O2/c11-6-2-3-12-8-7(6)9-14(10(15)13-8)4-1-5-16-9/h2-3,9H,1,4-5H2,(H,12,13,15). The van der Waals surface area contributed by atoms with Crippen LogP contribution in [0.3, 0.4) is 0 Å². The van der Waals surface area contributed by atoms with Gasteiger partial charge in [0.1, 0.15) is 5.82 Å². The third-order valence-electron chi connectivity index (χ3n) is 2.77. The Balaban J connectivity index is 2.11. The van der Waals surface area contributed by atoms with E-state index >= 15 is 0 Å². The number of halogens is 1. The average Bonchev–Trinajstić information content (AvgIpc) is 2.29. The summed E-state index contributed by atoms with van der Waals surface area (Å²) in [4.78, 5) is 17.5. The molecule has 0 aromatic carbocycles. The highest BCUT2D eigenvalue weighted by Crippen LogP contribution is 2.38. The molecule has 84 valence electrons. The summed E-state index contributed by atoms with van der Waals surface area (Å²) >= 11 is 6.11. The van der Waals surface area contributed by atoms with E-state index in [1.807, 2.05) is 0 Å². The summed E-state index contributed by atoms with van der Waals surface area (Å²) in [5.74, 6) is 0.501. The molecule has 1 atom stereocenters. The first kappa shape index (κ1) is 9.86. The van der Waals surface area contributed by atoms with Gasteiger partial charge in [0.2, 0.25) is 0 Å². The lowest BCUT2D eigenvalue weighted by atomic mass is 10.1. The first-order chi connectivity index (χ1) is 7.77. The third-order valence-corrected chi connectivity index (χ3v) is 3.10. The molecule has 1 N–H and O–H groups in total. The number of amides is 2. The van der Waals surface area contributed by atoms with Gasteiger partial charge in [-0.2, -0.15) is 0 Å². The maximum atomic E-state index is 11.8. The van der Waals surface area contributed by atoms with Gasteiger partial charge in [0, 0.05) is 12.7 Å². The number of anilines is 1. The molecule has 0 radical (unpaired) electrons. The van der Waals surface area contributed by atoms with Crippen molar-refractivity contribution in [2.75, 3.05) is 18.5 Å². The van der Waals surface area contributed by atoms with Crippen molar-refractivity contribution in [2.45, 2.75) is 12.6 Å². The van der Waals surface area contributed by atoms with Crippen molar-refractivity contribution >= 4 is 23.4 Å². The molecule has 0 bridgehead atoms. The number of hydrogen-bond donors (Lipinski definition) is 1. The normalized spacial score (nSPS) is 23.4. The van der Waals surface area contributed by atoms with Gasteiger partial charge in [-0.3, -0.25) is 10.2 Å². The van der Waals surface area contributed by atoms with E-state index in [9.17, 15) is 4.79 Å². The molecule has 1 unspecified atom stereocenters. The number of nitrogens with zero attached hydrogens (tertiary/aromatic N) is 2. The van der Waals surface area contributed by atoms with Crippen LogP contribution < -0.4 is 5.32 Å².